The molecule has 1 N–H and O–H groups in total. The molecule has 1 saturated carbocycles. The van der Waals surface area contributed by atoms with Gasteiger partial charge in [0.15, 0.2) is 0 Å². The summed E-state index contributed by atoms with van der Waals surface area (Å²) in [5.41, 5.74) is 5.56. The smallest absolute Gasteiger partial charge is 0.00967 e. The molecule has 3 rings (SSSR count). The van der Waals surface area contributed by atoms with E-state index in [2.05, 4.69) is 44.3 Å². The van der Waals surface area contributed by atoms with E-state index in [-0.39, 0.29) is 5.54 Å². The lowest BCUT2D eigenvalue weighted by molar-refractivity contribution is 0.118. The van der Waals surface area contributed by atoms with E-state index in [0.717, 1.165) is 0 Å². The van der Waals surface area contributed by atoms with E-state index in [0.29, 0.717) is 5.41 Å². The summed E-state index contributed by atoms with van der Waals surface area (Å²) in [4.78, 5) is 0. The maximum absolute atomic E-state index is 3.74. The summed E-state index contributed by atoms with van der Waals surface area (Å²) in [7, 11) is 0. The molecule has 0 amide bonds. The molecule has 1 heteroatoms. The lowest BCUT2D eigenvalue weighted by Gasteiger charge is -2.44. The average molecular weight is 271 g/mol. The first-order chi connectivity index (χ1) is 9.46. The zero-order chi connectivity index (χ0) is 14.2. The molecular weight excluding hydrogens is 242 g/mol. The van der Waals surface area contributed by atoms with E-state index in [1.807, 2.05) is 0 Å². The Morgan fingerprint density at radius 2 is 1.80 bits per heavy atom. The van der Waals surface area contributed by atoms with Crippen LogP contribution in [0.1, 0.15) is 63.1 Å². The number of benzene rings is 1. The zero-order valence-electron chi connectivity index (χ0n) is 13.4. The molecular formula is C19H29N. The predicted molar refractivity (Wildman–Crippen MR) is 86.2 cm³/mol. The van der Waals surface area contributed by atoms with Crippen molar-refractivity contribution in [3.05, 3.63) is 34.9 Å². The Morgan fingerprint density at radius 1 is 1.05 bits per heavy atom. The van der Waals surface area contributed by atoms with Crippen molar-refractivity contribution in [2.75, 3.05) is 6.54 Å². The van der Waals surface area contributed by atoms with Gasteiger partial charge in [0.05, 0.1) is 0 Å². The molecule has 0 unspecified atom stereocenters. The standard InChI is InChI=1S/C19H29N/c1-18(2,3)20-14-19(10-5-11-19)13-15-8-9-16-6-4-7-17(16)12-15/h8-9,12,20H,4-7,10-11,13-14H2,1-3H3. The van der Waals surface area contributed by atoms with Crippen LogP contribution in [0.25, 0.3) is 0 Å². The van der Waals surface area contributed by atoms with E-state index in [1.165, 1.54) is 51.5 Å². The highest BCUT2D eigenvalue weighted by atomic mass is 15.0. The Hall–Kier alpha value is -0.820. The number of nitrogens with one attached hydrogen (secondary N) is 1. The van der Waals surface area contributed by atoms with Crippen LogP contribution in [-0.4, -0.2) is 12.1 Å². The van der Waals surface area contributed by atoms with Gasteiger partial charge in [-0.2, -0.15) is 0 Å². The van der Waals surface area contributed by atoms with Crippen LogP contribution < -0.4 is 5.32 Å². The topological polar surface area (TPSA) is 12.0 Å². The molecule has 2 aliphatic rings. The Kier molecular flexibility index (Phi) is 3.66. The number of hydrogen-bond donors (Lipinski definition) is 1. The fourth-order valence-electron chi connectivity index (χ4n) is 3.71. The summed E-state index contributed by atoms with van der Waals surface area (Å²) in [5.74, 6) is 0. The van der Waals surface area contributed by atoms with E-state index >= 15 is 0 Å². The monoisotopic (exact) mass is 271 g/mol. The Labute approximate surface area is 124 Å². The number of aryl methyl sites for hydroxylation is 2. The van der Waals surface area contributed by atoms with Crippen molar-refractivity contribution >= 4 is 0 Å². The van der Waals surface area contributed by atoms with E-state index < -0.39 is 0 Å². The van der Waals surface area contributed by atoms with Gasteiger partial charge < -0.3 is 5.32 Å². The van der Waals surface area contributed by atoms with Crippen LogP contribution in [0, 0.1) is 5.41 Å². The van der Waals surface area contributed by atoms with Gasteiger partial charge in [0.1, 0.15) is 0 Å². The molecule has 0 heterocycles. The van der Waals surface area contributed by atoms with Gasteiger partial charge >= 0.3 is 0 Å². The van der Waals surface area contributed by atoms with Gasteiger partial charge in [0.2, 0.25) is 0 Å². The van der Waals surface area contributed by atoms with Crippen LogP contribution in [0.5, 0.6) is 0 Å². The summed E-state index contributed by atoms with van der Waals surface area (Å²) in [6.07, 6.45) is 9.43. The summed E-state index contributed by atoms with van der Waals surface area (Å²) in [5, 5.41) is 3.74. The Bertz CT molecular complexity index is 477. The molecule has 0 spiro atoms. The normalized spacial score (nSPS) is 20.6. The molecule has 1 aromatic rings. The molecule has 2 aliphatic carbocycles. The molecule has 1 nitrogen and oxygen atoms in total. The molecule has 0 saturated heterocycles. The molecule has 20 heavy (non-hydrogen) atoms. The van der Waals surface area contributed by atoms with Crippen molar-refractivity contribution in [1.29, 1.82) is 0 Å². The third-order valence-corrected chi connectivity index (χ3v) is 5.15. The van der Waals surface area contributed by atoms with Crippen LogP contribution in [0.4, 0.5) is 0 Å². The molecule has 0 aromatic heterocycles. The zero-order valence-corrected chi connectivity index (χ0v) is 13.4. The van der Waals surface area contributed by atoms with Gasteiger partial charge in [0, 0.05) is 12.1 Å². The van der Waals surface area contributed by atoms with Crippen molar-refractivity contribution in [3.8, 4) is 0 Å². The van der Waals surface area contributed by atoms with Crippen LogP contribution in [0.3, 0.4) is 0 Å². The summed E-state index contributed by atoms with van der Waals surface area (Å²) < 4.78 is 0. The van der Waals surface area contributed by atoms with Crippen LogP contribution in [-0.2, 0) is 19.3 Å². The number of hydrogen-bond acceptors (Lipinski definition) is 1. The van der Waals surface area contributed by atoms with E-state index in [9.17, 15) is 0 Å². The lowest BCUT2D eigenvalue weighted by atomic mass is 9.65. The number of rotatable bonds is 4. The van der Waals surface area contributed by atoms with Crippen molar-refractivity contribution in [3.63, 3.8) is 0 Å². The van der Waals surface area contributed by atoms with Gasteiger partial charge in [0.25, 0.3) is 0 Å². The molecule has 0 aliphatic heterocycles. The highest BCUT2D eigenvalue weighted by Gasteiger charge is 2.37. The minimum atomic E-state index is 0.237. The summed E-state index contributed by atoms with van der Waals surface area (Å²) in [6, 6.07) is 7.28. The van der Waals surface area contributed by atoms with Gasteiger partial charge in [-0.05, 0) is 81.4 Å². The highest BCUT2D eigenvalue weighted by Crippen LogP contribution is 2.43. The first kappa shape index (κ1) is 14.1. The van der Waals surface area contributed by atoms with Gasteiger partial charge in [-0.25, -0.2) is 0 Å². The molecule has 0 bridgehead atoms. The predicted octanol–water partition coefficient (Wildman–Crippen LogP) is 4.28. The second-order valence-corrected chi connectivity index (χ2v) is 8.09. The summed E-state index contributed by atoms with van der Waals surface area (Å²) >= 11 is 0. The molecule has 110 valence electrons. The Morgan fingerprint density at radius 3 is 2.45 bits per heavy atom. The van der Waals surface area contributed by atoms with Gasteiger partial charge in [-0.15, -0.1) is 0 Å². The Balaban J connectivity index is 1.68. The van der Waals surface area contributed by atoms with Gasteiger partial charge in [-0.3, -0.25) is 0 Å². The van der Waals surface area contributed by atoms with Crippen molar-refractivity contribution in [1.82, 2.24) is 5.32 Å². The molecule has 0 radical (unpaired) electrons. The van der Waals surface area contributed by atoms with E-state index in [4.69, 9.17) is 0 Å². The number of fused-ring (bicyclic) bond motifs is 1. The second kappa shape index (κ2) is 5.18. The van der Waals surface area contributed by atoms with Crippen LogP contribution >= 0.6 is 0 Å². The third-order valence-electron chi connectivity index (χ3n) is 5.15. The minimum Gasteiger partial charge on any atom is -0.312 e. The van der Waals surface area contributed by atoms with Gasteiger partial charge in [-0.1, -0.05) is 24.6 Å². The molecule has 1 aromatic carbocycles. The largest absolute Gasteiger partial charge is 0.312 e. The minimum absolute atomic E-state index is 0.237. The van der Waals surface area contributed by atoms with Crippen LogP contribution in [0.2, 0.25) is 0 Å². The third kappa shape index (κ3) is 3.09. The molecule has 1 fully saturated rings. The quantitative estimate of drug-likeness (QED) is 0.862. The van der Waals surface area contributed by atoms with Crippen molar-refractivity contribution in [2.45, 2.75) is 71.3 Å². The maximum Gasteiger partial charge on any atom is 0.00967 e. The first-order valence-electron chi connectivity index (χ1n) is 8.32. The maximum atomic E-state index is 3.74. The lowest BCUT2D eigenvalue weighted by Crippen LogP contribution is -2.47. The summed E-state index contributed by atoms with van der Waals surface area (Å²) in [6.45, 7) is 7.99. The van der Waals surface area contributed by atoms with Crippen LogP contribution in [0.15, 0.2) is 18.2 Å². The molecule has 0 atom stereocenters. The average Bonchev–Trinajstić information content (AvgIpc) is 2.78. The fourth-order valence-corrected chi connectivity index (χ4v) is 3.71. The highest BCUT2D eigenvalue weighted by molar-refractivity contribution is 5.35. The SMILES string of the molecule is CC(C)(C)NCC1(Cc2ccc3c(c2)CCC3)CCC1. The first-order valence-corrected chi connectivity index (χ1v) is 8.32. The fraction of sp³-hybridized carbons (Fsp3) is 0.684. The second-order valence-electron chi connectivity index (χ2n) is 8.09. The van der Waals surface area contributed by atoms with Crippen molar-refractivity contribution < 1.29 is 0 Å². The van der Waals surface area contributed by atoms with E-state index in [1.54, 1.807) is 16.7 Å². The van der Waals surface area contributed by atoms with Crippen molar-refractivity contribution in [2.24, 2.45) is 5.41 Å².